The zero-order chi connectivity index (χ0) is 18.7. The Morgan fingerprint density at radius 1 is 1.15 bits per heavy atom. The molecule has 1 heterocycles. The van der Waals surface area contributed by atoms with Gasteiger partial charge in [0.25, 0.3) is 0 Å². The van der Waals surface area contributed by atoms with Gasteiger partial charge < -0.3 is 10.3 Å². The molecule has 2 aromatic carbocycles. The Balaban J connectivity index is 2.01. The van der Waals surface area contributed by atoms with Crippen molar-refractivity contribution in [2.24, 2.45) is 5.92 Å². The van der Waals surface area contributed by atoms with Gasteiger partial charge >= 0.3 is 0 Å². The molecule has 0 unspecified atom stereocenters. The van der Waals surface area contributed by atoms with Crippen LogP contribution in [0.25, 0.3) is 10.9 Å². The van der Waals surface area contributed by atoms with Gasteiger partial charge in [0.05, 0.1) is 0 Å². The first-order valence-electron chi connectivity index (χ1n) is 9.04. The normalized spacial score (nSPS) is 12.5. The summed E-state index contributed by atoms with van der Waals surface area (Å²) in [7, 11) is 0. The molecule has 4 heteroatoms. The third-order valence-electron chi connectivity index (χ3n) is 4.62. The van der Waals surface area contributed by atoms with Gasteiger partial charge in [-0.2, -0.15) is 0 Å². The van der Waals surface area contributed by atoms with E-state index in [0.29, 0.717) is 18.0 Å². The fourth-order valence-electron chi connectivity index (χ4n) is 3.28. The number of hydrogen-bond donors (Lipinski definition) is 2. The van der Waals surface area contributed by atoms with E-state index in [4.69, 9.17) is 0 Å². The van der Waals surface area contributed by atoms with Crippen LogP contribution in [-0.4, -0.2) is 17.4 Å². The summed E-state index contributed by atoms with van der Waals surface area (Å²) in [5.74, 6) is -0.295. The molecule has 0 fully saturated rings. The molecular formula is C22H25FN2O. The quantitative estimate of drug-likeness (QED) is 0.650. The van der Waals surface area contributed by atoms with Gasteiger partial charge in [0.15, 0.2) is 0 Å². The minimum atomic E-state index is -0.335. The highest BCUT2D eigenvalue weighted by atomic mass is 19.1. The zero-order valence-electron chi connectivity index (χ0n) is 15.5. The van der Waals surface area contributed by atoms with Crippen LogP contribution >= 0.6 is 0 Å². The molecule has 3 aromatic rings. The maximum absolute atomic E-state index is 14.6. The van der Waals surface area contributed by atoms with E-state index >= 15 is 0 Å². The third kappa shape index (κ3) is 3.96. The monoisotopic (exact) mass is 352 g/mol. The van der Waals surface area contributed by atoms with E-state index in [1.165, 1.54) is 6.07 Å². The second kappa shape index (κ2) is 7.73. The van der Waals surface area contributed by atoms with Crippen molar-refractivity contribution < 1.29 is 9.18 Å². The van der Waals surface area contributed by atoms with E-state index in [-0.39, 0.29) is 24.1 Å². The van der Waals surface area contributed by atoms with Crippen LogP contribution in [0.1, 0.15) is 42.9 Å². The van der Waals surface area contributed by atoms with Gasteiger partial charge in [0, 0.05) is 36.0 Å². The number of para-hydroxylation sites is 1. The molecule has 1 aromatic heterocycles. The Kier molecular flexibility index (Phi) is 5.40. The molecular weight excluding hydrogens is 327 g/mol. The molecule has 0 bridgehead atoms. The van der Waals surface area contributed by atoms with Crippen molar-refractivity contribution in [3.8, 4) is 0 Å². The van der Waals surface area contributed by atoms with Gasteiger partial charge in [0.1, 0.15) is 5.82 Å². The molecule has 0 saturated heterocycles. The highest BCUT2D eigenvalue weighted by Crippen LogP contribution is 2.35. The molecule has 26 heavy (non-hydrogen) atoms. The van der Waals surface area contributed by atoms with Crippen LogP contribution in [0.3, 0.4) is 0 Å². The first-order chi connectivity index (χ1) is 12.5. The van der Waals surface area contributed by atoms with E-state index in [0.717, 1.165) is 22.0 Å². The van der Waals surface area contributed by atoms with Gasteiger partial charge in [-0.3, -0.25) is 4.79 Å². The van der Waals surface area contributed by atoms with Crippen molar-refractivity contribution >= 4 is 16.8 Å². The van der Waals surface area contributed by atoms with E-state index in [1.54, 1.807) is 6.07 Å². The van der Waals surface area contributed by atoms with Crippen molar-refractivity contribution in [3.63, 3.8) is 0 Å². The molecule has 0 aliphatic carbocycles. The topological polar surface area (TPSA) is 44.9 Å². The van der Waals surface area contributed by atoms with Crippen molar-refractivity contribution in [2.45, 2.75) is 33.1 Å². The van der Waals surface area contributed by atoms with Gasteiger partial charge in [-0.15, -0.1) is 0 Å². The summed E-state index contributed by atoms with van der Waals surface area (Å²) < 4.78 is 14.6. The van der Waals surface area contributed by atoms with Gasteiger partial charge in [-0.25, -0.2) is 4.39 Å². The molecule has 0 aliphatic heterocycles. The lowest BCUT2D eigenvalue weighted by molar-refractivity contribution is -0.121. The second-order valence-electron chi connectivity index (χ2n) is 7.27. The van der Waals surface area contributed by atoms with Gasteiger partial charge in [-0.05, 0) is 36.1 Å². The van der Waals surface area contributed by atoms with Gasteiger partial charge in [0.2, 0.25) is 5.91 Å². The number of aromatic amines is 1. The molecule has 0 aliphatic rings. The molecule has 3 nitrogen and oxygen atoms in total. The number of nitrogens with one attached hydrogen (secondary N) is 2. The molecule has 136 valence electrons. The highest BCUT2D eigenvalue weighted by molar-refractivity contribution is 5.86. The number of amides is 1. The summed E-state index contributed by atoms with van der Waals surface area (Å²) in [6.45, 7) is 6.67. The first-order valence-corrected chi connectivity index (χ1v) is 9.04. The Bertz CT molecular complexity index is 913. The summed E-state index contributed by atoms with van der Waals surface area (Å²) in [5.41, 5.74) is 3.48. The number of fused-ring (bicyclic) bond motifs is 1. The predicted octanol–water partition coefficient (Wildman–Crippen LogP) is 4.91. The van der Waals surface area contributed by atoms with E-state index in [2.05, 4.69) is 24.1 Å². The second-order valence-corrected chi connectivity index (χ2v) is 7.27. The fraction of sp³-hybridized carbons (Fsp3) is 0.318. The first kappa shape index (κ1) is 18.2. The van der Waals surface area contributed by atoms with E-state index in [1.807, 2.05) is 43.5 Å². The molecule has 1 amide bonds. The lowest BCUT2D eigenvalue weighted by Gasteiger charge is -2.19. The van der Waals surface area contributed by atoms with Crippen LogP contribution in [0.15, 0.2) is 48.7 Å². The number of carbonyl (C=O) groups excluding carboxylic acids is 1. The predicted molar refractivity (Wildman–Crippen MR) is 104 cm³/mol. The van der Waals surface area contributed by atoms with Gasteiger partial charge in [-0.1, -0.05) is 49.7 Å². The van der Waals surface area contributed by atoms with Crippen molar-refractivity contribution in [3.05, 3.63) is 71.2 Å². The van der Waals surface area contributed by atoms with E-state index < -0.39 is 0 Å². The average molecular weight is 352 g/mol. The fourth-order valence-corrected chi connectivity index (χ4v) is 3.28. The zero-order valence-corrected chi connectivity index (χ0v) is 15.5. The number of carbonyl (C=O) groups is 1. The summed E-state index contributed by atoms with van der Waals surface area (Å²) in [6, 6.07) is 13.0. The van der Waals surface area contributed by atoms with Crippen LogP contribution in [0.4, 0.5) is 4.39 Å². The summed E-state index contributed by atoms with van der Waals surface area (Å²) in [4.78, 5) is 15.8. The van der Waals surface area contributed by atoms with Crippen LogP contribution in [0.5, 0.6) is 0 Å². The van der Waals surface area contributed by atoms with Crippen molar-refractivity contribution in [1.82, 2.24) is 10.3 Å². The van der Waals surface area contributed by atoms with Crippen LogP contribution in [0.2, 0.25) is 0 Å². The number of aromatic nitrogens is 1. The molecule has 1 atom stereocenters. The highest BCUT2D eigenvalue weighted by Gasteiger charge is 2.24. The largest absolute Gasteiger partial charge is 0.361 e. The number of H-pyrrole nitrogens is 1. The Labute approximate surface area is 153 Å². The molecule has 0 spiro atoms. The van der Waals surface area contributed by atoms with Crippen LogP contribution in [0, 0.1) is 18.7 Å². The van der Waals surface area contributed by atoms with Crippen molar-refractivity contribution in [2.75, 3.05) is 6.54 Å². The summed E-state index contributed by atoms with van der Waals surface area (Å²) in [5, 5.41) is 3.98. The minimum absolute atomic E-state index is 0.0603. The Hall–Kier alpha value is -2.62. The minimum Gasteiger partial charge on any atom is -0.361 e. The average Bonchev–Trinajstić information content (AvgIpc) is 3.04. The standard InChI is InChI=1S/C22H25FN2O/c1-14(2)12-25-22(26)11-17(18-10-15(3)8-9-20(18)23)19-13-24-21-7-5-4-6-16(19)21/h4-10,13-14,17,24H,11-12H2,1-3H3,(H,25,26)/t17-/m1/s1. The number of rotatable bonds is 6. The lowest BCUT2D eigenvalue weighted by Crippen LogP contribution is -2.29. The maximum atomic E-state index is 14.6. The molecule has 3 rings (SSSR count). The lowest BCUT2D eigenvalue weighted by atomic mass is 9.87. The molecule has 0 radical (unpaired) electrons. The maximum Gasteiger partial charge on any atom is 0.220 e. The van der Waals surface area contributed by atoms with Crippen LogP contribution < -0.4 is 5.32 Å². The molecule has 0 saturated carbocycles. The van der Waals surface area contributed by atoms with E-state index in [9.17, 15) is 9.18 Å². The molecule has 2 N–H and O–H groups in total. The Morgan fingerprint density at radius 3 is 2.69 bits per heavy atom. The summed E-state index contributed by atoms with van der Waals surface area (Å²) in [6.07, 6.45) is 2.11. The number of benzene rings is 2. The van der Waals surface area contributed by atoms with Crippen molar-refractivity contribution in [1.29, 1.82) is 0 Å². The third-order valence-corrected chi connectivity index (χ3v) is 4.62. The van der Waals surface area contributed by atoms with Crippen LogP contribution in [-0.2, 0) is 4.79 Å². The number of aryl methyl sites for hydroxylation is 1. The smallest absolute Gasteiger partial charge is 0.220 e. The SMILES string of the molecule is Cc1ccc(F)c([C@@H](CC(=O)NCC(C)C)c2c[nH]c3ccccc23)c1. The Morgan fingerprint density at radius 2 is 1.92 bits per heavy atom. The summed E-state index contributed by atoms with van der Waals surface area (Å²) >= 11 is 0. The number of halogens is 1. The number of hydrogen-bond acceptors (Lipinski definition) is 1.